The van der Waals surface area contributed by atoms with Crippen molar-refractivity contribution in [3.8, 4) is 5.75 Å². The van der Waals surface area contributed by atoms with Crippen LogP contribution in [0.25, 0.3) is 0 Å². The molecule has 0 aromatic heterocycles. The van der Waals surface area contributed by atoms with Crippen molar-refractivity contribution in [3.05, 3.63) is 24.3 Å². The van der Waals surface area contributed by atoms with E-state index in [4.69, 9.17) is 4.74 Å². The maximum Gasteiger partial charge on any atom is 0.243 e. The van der Waals surface area contributed by atoms with Crippen molar-refractivity contribution in [1.29, 1.82) is 0 Å². The Bertz CT molecular complexity index is 538. The summed E-state index contributed by atoms with van der Waals surface area (Å²) in [6.45, 7) is 2.38. The Morgan fingerprint density at radius 1 is 1.41 bits per heavy atom. The molecule has 17 heavy (non-hydrogen) atoms. The summed E-state index contributed by atoms with van der Waals surface area (Å²) in [5.41, 5.74) is 0.557. The molecule has 0 aliphatic carbocycles. The minimum atomic E-state index is -3.28. The van der Waals surface area contributed by atoms with Crippen LogP contribution >= 0.6 is 0 Å². The molecular formula is C11H13NO4S. The van der Waals surface area contributed by atoms with E-state index in [1.165, 1.54) is 4.90 Å². The maximum atomic E-state index is 11.6. The van der Waals surface area contributed by atoms with Gasteiger partial charge in [-0.3, -0.25) is 9.69 Å². The number of anilines is 1. The van der Waals surface area contributed by atoms with E-state index in [-0.39, 0.29) is 5.88 Å². The number of rotatable bonds is 3. The van der Waals surface area contributed by atoms with Gasteiger partial charge < -0.3 is 4.74 Å². The number of carbonyl (C=O) groups excluding carboxylic acids is 1. The third-order valence-electron chi connectivity index (χ3n) is 2.41. The van der Waals surface area contributed by atoms with Gasteiger partial charge in [0.1, 0.15) is 17.4 Å². The first kappa shape index (κ1) is 11.9. The van der Waals surface area contributed by atoms with Crippen LogP contribution in [0.5, 0.6) is 5.75 Å². The van der Waals surface area contributed by atoms with Crippen molar-refractivity contribution in [2.45, 2.75) is 6.92 Å². The van der Waals surface area contributed by atoms with Crippen LogP contribution in [0, 0.1) is 0 Å². The van der Waals surface area contributed by atoms with Crippen molar-refractivity contribution in [1.82, 2.24) is 0 Å². The quantitative estimate of drug-likeness (QED) is 0.801. The van der Waals surface area contributed by atoms with Gasteiger partial charge >= 0.3 is 0 Å². The summed E-state index contributed by atoms with van der Waals surface area (Å²) in [5.74, 6) is -0.423. The smallest absolute Gasteiger partial charge is 0.243 e. The second kappa shape index (κ2) is 4.37. The van der Waals surface area contributed by atoms with Gasteiger partial charge in [0.25, 0.3) is 0 Å². The van der Waals surface area contributed by atoms with Crippen LogP contribution in [-0.2, 0) is 14.6 Å². The lowest BCUT2D eigenvalue weighted by atomic mass is 10.3. The van der Waals surface area contributed by atoms with Crippen LogP contribution in [0.4, 0.5) is 5.69 Å². The van der Waals surface area contributed by atoms with Gasteiger partial charge in [0.05, 0.1) is 6.61 Å². The predicted molar refractivity (Wildman–Crippen MR) is 63.8 cm³/mol. The molecule has 0 radical (unpaired) electrons. The second-order valence-corrected chi connectivity index (χ2v) is 5.80. The maximum absolute atomic E-state index is 11.6. The van der Waals surface area contributed by atoms with Gasteiger partial charge in [-0.25, -0.2) is 8.42 Å². The van der Waals surface area contributed by atoms with Gasteiger partial charge in [0, 0.05) is 11.8 Å². The number of amides is 1. The number of nitrogens with zero attached hydrogens (tertiary/aromatic N) is 1. The fraction of sp³-hybridized carbons (Fsp3) is 0.364. The van der Waals surface area contributed by atoms with Crippen LogP contribution < -0.4 is 9.64 Å². The van der Waals surface area contributed by atoms with Gasteiger partial charge in [0.2, 0.25) is 5.91 Å². The van der Waals surface area contributed by atoms with Crippen LogP contribution in [0.1, 0.15) is 6.92 Å². The van der Waals surface area contributed by atoms with E-state index in [0.717, 1.165) is 0 Å². The van der Waals surface area contributed by atoms with Gasteiger partial charge in [-0.1, -0.05) is 6.07 Å². The highest BCUT2D eigenvalue weighted by molar-refractivity contribution is 7.92. The first-order valence-electron chi connectivity index (χ1n) is 5.25. The van der Waals surface area contributed by atoms with E-state index in [0.29, 0.717) is 18.0 Å². The molecule has 0 atom stereocenters. The summed E-state index contributed by atoms with van der Waals surface area (Å²) in [5, 5.41) is 0. The topological polar surface area (TPSA) is 63.7 Å². The molecule has 2 rings (SSSR count). The van der Waals surface area contributed by atoms with Crippen molar-refractivity contribution in [2.24, 2.45) is 0 Å². The SMILES string of the molecule is CCOc1cccc(N2CS(=O)(=O)CC2=O)c1. The number of sulfone groups is 1. The average Bonchev–Trinajstić information content (AvgIpc) is 2.53. The van der Waals surface area contributed by atoms with E-state index < -0.39 is 21.5 Å². The molecule has 0 unspecified atom stereocenters. The largest absolute Gasteiger partial charge is 0.494 e. The van der Waals surface area contributed by atoms with Gasteiger partial charge in [-0.05, 0) is 19.1 Å². The highest BCUT2D eigenvalue weighted by Crippen LogP contribution is 2.24. The monoisotopic (exact) mass is 255 g/mol. The molecule has 0 spiro atoms. The fourth-order valence-electron chi connectivity index (χ4n) is 1.71. The standard InChI is InChI=1S/C11H13NO4S/c1-2-16-10-5-3-4-9(6-10)12-8-17(14,15)7-11(12)13/h3-6H,2,7-8H2,1H3. The highest BCUT2D eigenvalue weighted by Gasteiger charge is 2.34. The number of hydrogen-bond acceptors (Lipinski definition) is 4. The van der Waals surface area contributed by atoms with Gasteiger partial charge in [-0.15, -0.1) is 0 Å². The lowest BCUT2D eigenvalue weighted by Crippen LogP contribution is -2.25. The summed E-state index contributed by atoms with van der Waals surface area (Å²) in [7, 11) is -3.28. The zero-order valence-electron chi connectivity index (χ0n) is 9.42. The van der Waals surface area contributed by atoms with Crippen LogP contribution in [0.3, 0.4) is 0 Å². The molecule has 92 valence electrons. The number of carbonyl (C=O) groups is 1. The fourth-order valence-corrected chi connectivity index (χ4v) is 3.02. The highest BCUT2D eigenvalue weighted by atomic mass is 32.2. The van der Waals surface area contributed by atoms with E-state index >= 15 is 0 Å². The molecular weight excluding hydrogens is 242 g/mol. The van der Waals surface area contributed by atoms with Crippen LogP contribution in [0.2, 0.25) is 0 Å². The van der Waals surface area contributed by atoms with E-state index in [9.17, 15) is 13.2 Å². The molecule has 1 aromatic carbocycles. The molecule has 1 aromatic rings. The summed E-state index contributed by atoms with van der Waals surface area (Å²) in [4.78, 5) is 12.8. The summed E-state index contributed by atoms with van der Waals surface area (Å²) in [6, 6.07) is 6.87. The van der Waals surface area contributed by atoms with Crippen molar-refractivity contribution in [3.63, 3.8) is 0 Å². The Labute approximate surface area is 99.9 Å². The molecule has 0 N–H and O–H groups in total. The Hall–Kier alpha value is -1.56. The van der Waals surface area contributed by atoms with Crippen LogP contribution in [0.15, 0.2) is 24.3 Å². The molecule has 0 bridgehead atoms. The lowest BCUT2D eigenvalue weighted by molar-refractivity contribution is -0.115. The van der Waals surface area contributed by atoms with Crippen molar-refractivity contribution >= 4 is 21.4 Å². The predicted octanol–water partition coefficient (Wildman–Crippen LogP) is 0.804. The normalized spacial score (nSPS) is 18.4. The first-order chi connectivity index (χ1) is 8.02. The van der Waals surface area contributed by atoms with Gasteiger partial charge in [-0.2, -0.15) is 0 Å². The summed E-state index contributed by atoms with van der Waals surface area (Å²) < 4.78 is 28.0. The molecule has 1 heterocycles. The zero-order valence-corrected chi connectivity index (χ0v) is 10.2. The zero-order chi connectivity index (χ0) is 12.5. The minimum absolute atomic E-state index is 0.249. The number of hydrogen-bond donors (Lipinski definition) is 0. The van der Waals surface area contributed by atoms with E-state index in [1.54, 1.807) is 24.3 Å². The molecule has 1 amide bonds. The van der Waals surface area contributed by atoms with Gasteiger partial charge in [0.15, 0.2) is 9.84 Å². The lowest BCUT2D eigenvalue weighted by Gasteiger charge is -2.15. The first-order valence-corrected chi connectivity index (χ1v) is 7.07. The molecule has 6 heteroatoms. The molecule has 0 saturated carbocycles. The number of ether oxygens (including phenoxy) is 1. The molecule has 1 aliphatic rings. The summed E-state index contributed by atoms with van der Waals surface area (Å²) >= 11 is 0. The molecule has 5 nitrogen and oxygen atoms in total. The molecule has 1 saturated heterocycles. The van der Waals surface area contributed by atoms with Crippen molar-refractivity contribution in [2.75, 3.05) is 23.1 Å². The third-order valence-corrected chi connectivity index (χ3v) is 3.75. The Morgan fingerprint density at radius 3 is 2.76 bits per heavy atom. The Morgan fingerprint density at radius 2 is 2.18 bits per heavy atom. The molecule has 1 fully saturated rings. The Kier molecular flexibility index (Phi) is 3.06. The summed E-state index contributed by atoms with van der Waals surface area (Å²) in [6.07, 6.45) is 0. The Balaban J connectivity index is 2.29. The van der Waals surface area contributed by atoms with Crippen LogP contribution in [-0.4, -0.2) is 32.6 Å². The molecule has 1 aliphatic heterocycles. The number of benzene rings is 1. The second-order valence-electron chi connectivity index (χ2n) is 3.77. The third kappa shape index (κ3) is 2.58. The van der Waals surface area contributed by atoms with Crippen molar-refractivity contribution < 1.29 is 17.9 Å². The van der Waals surface area contributed by atoms with E-state index in [2.05, 4.69) is 0 Å². The van der Waals surface area contributed by atoms with E-state index in [1.807, 2.05) is 6.92 Å². The minimum Gasteiger partial charge on any atom is -0.494 e. The average molecular weight is 255 g/mol.